The molecular weight excluding hydrogens is 360 g/mol. The van der Waals surface area contributed by atoms with Crippen LogP contribution in [0.15, 0.2) is 75.6 Å². The number of aromatic nitrogens is 2. The predicted molar refractivity (Wildman–Crippen MR) is 107 cm³/mol. The molecule has 5 heteroatoms. The van der Waals surface area contributed by atoms with Gasteiger partial charge in [0.1, 0.15) is 28.0 Å². The summed E-state index contributed by atoms with van der Waals surface area (Å²) in [5.74, 6) is 0. The highest BCUT2D eigenvalue weighted by atomic mass is 35.5. The largest absolute Gasteiger partial charge is 0.455 e. The van der Waals surface area contributed by atoms with E-state index < -0.39 is 0 Å². The predicted octanol–water partition coefficient (Wildman–Crippen LogP) is 6.60. The van der Waals surface area contributed by atoms with Crippen LogP contribution in [0.25, 0.3) is 55.3 Å². The molecule has 0 aliphatic rings. The number of fused-ring (bicyclic) bond motifs is 6. The maximum Gasteiger partial charge on any atom is 0.223 e. The van der Waals surface area contributed by atoms with Gasteiger partial charge in [-0.3, -0.25) is 0 Å². The van der Waals surface area contributed by atoms with E-state index >= 15 is 0 Å². The van der Waals surface area contributed by atoms with Crippen molar-refractivity contribution < 1.29 is 8.83 Å². The smallest absolute Gasteiger partial charge is 0.223 e. The van der Waals surface area contributed by atoms with Gasteiger partial charge in [-0.15, -0.1) is 0 Å². The Bertz CT molecular complexity index is 1500. The summed E-state index contributed by atoms with van der Waals surface area (Å²) in [6.45, 7) is 0. The highest BCUT2D eigenvalue weighted by molar-refractivity contribution is 6.29. The van der Waals surface area contributed by atoms with Gasteiger partial charge >= 0.3 is 0 Å². The minimum Gasteiger partial charge on any atom is -0.455 e. The van der Waals surface area contributed by atoms with Crippen LogP contribution in [-0.2, 0) is 0 Å². The molecule has 0 saturated carbocycles. The lowest BCUT2D eigenvalue weighted by molar-refractivity contribution is 0.662. The minimum atomic E-state index is 0.178. The standard InChI is InChI=1S/C22H11ClN2O2/c23-22-24-18-14-7-2-4-11-17(14)27-21(18)19(25-22)15-9-5-8-13-12-6-1-3-10-16(12)26-20(13)15/h1-11H. The molecule has 0 amide bonds. The van der Waals surface area contributed by atoms with E-state index in [0.29, 0.717) is 16.8 Å². The molecular formula is C22H11ClN2O2. The van der Waals surface area contributed by atoms with Gasteiger partial charge in [0.15, 0.2) is 5.58 Å². The lowest BCUT2D eigenvalue weighted by Gasteiger charge is -2.03. The van der Waals surface area contributed by atoms with Crippen LogP contribution in [0.4, 0.5) is 0 Å². The molecule has 0 unspecified atom stereocenters. The molecule has 3 aromatic heterocycles. The van der Waals surface area contributed by atoms with Gasteiger partial charge in [-0.25, -0.2) is 9.97 Å². The second-order valence-electron chi connectivity index (χ2n) is 6.40. The third kappa shape index (κ3) is 2.04. The zero-order chi connectivity index (χ0) is 18.0. The van der Waals surface area contributed by atoms with Crippen LogP contribution in [0.5, 0.6) is 0 Å². The summed E-state index contributed by atoms with van der Waals surface area (Å²) in [5.41, 5.74) is 5.11. The van der Waals surface area contributed by atoms with Crippen LogP contribution in [-0.4, -0.2) is 9.97 Å². The van der Waals surface area contributed by atoms with Crippen molar-refractivity contribution in [3.63, 3.8) is 0 Å². The van der Waals surface area contributed by atoms with Crippen LogP contribution < -0.4 is 0 Å². The van der Waals surface area contributed by atoms with E-state index in [1.807, 2.05) is 60.7 Å². The van der Waals surface area contributed by atoms with Gasteiger partial charge in [0.2, 0.25) is 5.28 Å². The maximum absolute atomic E-state index is 6.27. The monoisotopic (exact) mass is 370 g/mol. The average molecular weight is 371 g/mol. The first-order valence-corrected chi connectivity index (χ1v) is 8.93. The van der Waals surface area contributed by atoms with E-state index in [1.165, 1.54) is 0 Å². The quantitative estimate of drug-likeness (QED) is 0.306. The molecule has 128 valence electrons. The fourth-order valence-corrected chi connectivity index (χ4v) is 3.85. The highest BCUT2D eigenvalue weighted by Crippen LogP contribution is 2.39. The Hall–Kier alpha value is -3.37. The van der Waals surface area contributed by atoms with Crippen molar-refractivity contribution in [2.24, 2.45) is 0 Å². The van der Waals surface area contributed by atoms with Crippen molar-refractivity contribution in [2.75, 3.05) is 0 Å². The number of halogens is 1. The topological polar surface area (TPSA) is 52.1 Å². The average Bonchev–Trinajstić information content (AvgIpc) is 3.26. The molecule has 6 aromatic rings. The molecule has 0 fully saturated rings. The molecule has 0 spiro atoms. The first-order chi connectivity index (χ1) is 13.3. The Morgan fingerprint density at radius 1 is 0.630 bits per heavy atom. The summed E-state index contributed by atoms with van der Waals surface area (Å²) in [7, 11) is 0. The van der Waals surface area contributed by atoms with Gasteiger partial charge in [-0.1, -0.05) is 42.5 Å². The van der Waals surface area contributed by atoms with Crippen LogP contribution in [0.1, 0.15) is 0 Å². The van der Waals surface area contributed by atoms with E-state index in [0.717, 1.165) is 38.5 Å². The van der Waals surface area contributed by atoms with E-state index in [1.54, 1.807) is 0 Å². The first-order valence-electron chi connectivity index (χ1n) is 8.55. The lowest BCUT2D eigenvalue weighted by atomic mass is 10.1. The third-order valence-corrected chi connectivity index (χ3v) is 5.02. The number of hydrogen-bond acceptors (Lipinski definition) is 4. The molecule has 0 aliphatic carbocycles. The second kappa shape index (κ2) is 5.32. The molecule has 4 nitrogen and oxygen atoms in total. The van der Waals surface area contributed by atoms with Gasteiger partial charge in [0.25, 0.3) is 0 Å². The number of hydrogen-bond donors (Lipinski definition) is 0. The Kier molecular flexibility index (Phi) is 2.91. The van der Waals surface area contributed by atoms with E-state index in [-0.39, 0.29) is 5.28 Å². The normalized spacial score (nSPS) is 11.9. The van der Waals surface area contributed by atoms with Gasteiger partial charge < -0.3 is 8.83 Å². The van der Waals surface area contributed by atoms with Crippen molar-refractivity contribution in [3.8, 4) is 11.3 Å². The zero-order valence-electron chi connectivity index (χ0n) is 13.9. The number of furan rings is 2. The Balaban J connectivity index is 1.78. The fraction of sp³-hybridized carbons (Fsp3) is 0. The number of rotatable bonds is 1. The summed E-state index contributed by atoms with van der Waals surface area (Å²) >= 11 is 6.27. The molecule has 0 bridgehead atoms. The highest BCUT2D eigenvalue weighted by Gasteiger charge is 2.20. The summed E-state index contributed by atoms with van der Waals surface area (Å²) in [5, 5.41) is 3.18. The molecule has 0 aliphatic heterocycles. The SMILES string of the molecule is Clc1nc(-c2cccc3c2oc2ccccc23)c2oc3ccccc3c2n1. The number of benzene rings is 3. The summed E-state index contributed by atoms with van der Waals surface area (Å²) < 4.78 is 12.2. The Morgan fingerprint density at radius 2 is 1.30 bits per heavy atom. The number of para-hydroxylation sites is 3. The molecule has 3 aromatic carbocycles. The molecule has 6 rings (SSSR count). The summed E-state index contributed by atoms with van der Waals surface area (Å²) in [6.07, 6.45) is 0. The molecule has 27 heavy (non-hydrogen) atoms. The van der Waals surface area contributed by atoms with E-state index in [4.69, 9.17) is 20.4 Å². The molecule has 0 saturated heterocycles. The van der Waals surface area contributed by atoms with Crippen LogP contribution in [0.2, 0.25) is 5.28 Å². The van der Waals surface area contributed by atoms with Gasteiger partial charge in [-0.2, -0.15) is 0 Å². The van der Waals surface area contributed by atoms with Crippen LogP contribution in [0, 0.1) is 0 Å². The van der Waals surface area contributed by atoms with Gasteiger partial charge in [0.05, 0.1) is 0 Å². The Labute approximate surface area is 158 Å². The zero-order valence-corrected chi connectivity index (χ0v) is 14.7. The van der Waals surface area contributed by atoms with Crippen LogP contribution >= 0.6 is 11.6 Å². The van der Waals surface area contributed by atoms with Crippen molar-refractivity contribution in [2.45, 2.75) is 0 Å². The van der Waals surface area contributed by atoms with Crippen molar-refractivity contribution >= 4 is 55.6 Å². The third-order valence-electron chi connectivity index (χ3n) is 4.85. The molecule has 0 radical (unpaired) electrons. The minimum absolute atomic E-state index is 0.178. The van der Waals surface area contributed by atoms with Crippen LogP contribution in [0.3, 0.4) is 0 Å². The van der Waals surface area contributed by atoms with Gasteiger partial charge in [-0.05, 0) is 35.9 Å². The summed E-state index contributed by atoms with van der Waals surface area (Å²) in [4.78, 5) is 8.89. The van der Waals surface area contributed by atoms with E-state index in [9.17, 15) is 0 Å². The second-order valence-corrected chi connectivity index (χ2v) is 6.74. The van der Waals surface area contributed by atoms with Gasteiger partial charge in [0, 0.05) is 21.7 Å². The molecule has 0 atom stereocenters. The van der Waals surface area contributed by atoms with Crippen molar-refractivity contribution in [1.82, 2.24) is 9.97 Å². The summed E-state index contributed by atoms with van der Waals surface area (Å²) in [6, 6.07) is 21.7. The lowest BCUT2D eigenvalue weighted by Crippen LogP contribution is -1.89. The fourth-order valence-electron chi connectivity index (χ4n) is 3.68. The Morgan fingerprint density at radius 3 is 2.15 bits per heavy atom. The maximum atomic E-state index is 6.27. The van der Waals surface area contributed by atoms with E-state index in [2.05, 4.69) is 16.0 Å². The molecule has 3 heterocycles. The first kappa shape index (κ1) is 14.8. The molecule has 0 N–H and O–H groups in total. The van der Waals surface area contributed by atoms with Crippen molar-refractivity contribution in [3.05, 3.63) is 72.0 Å². The van der Waals surface area contributed by atoms with Crippen molar-refractivity contribution in [1.29, 1.82) is 0 Å². The number of nitrogens with zero attached hydrogens (tertiary/aromatic N) is 2.